The number of pyridine rings is 1. The Labute approximate surface area is 217 Å². The van der Waals surface area contributed by atoms with Crippen LogP contribution in [0.2, 0.25) is 5.02 Å². The summed E-state index contributed by atoms with van der Waals surface area (Å²) in [6.45, 7) is 3.18. The molecule has 2 aliphatic rings. The van der Waals surface area contributed by atoms with Crippen molar-refractivity contribution in [3.8, 4) is 5.75 Å². The van der Waals surface area contributed by atoms with Gasteiger partial charge in [-0.1, -0.05) is 42.0 Å². The molecule has 1 saturated heterocycles. The van der Waals surface area contributed by atoms with Crippen molar-refractivity contribution in [3.63, 3.8) is 0 Å². The van der Waals surface area contributed by atoms with Gasteiger partial charge in [0.05, 0.1) is 10.7 Å². The number of benzene rings is 2. The molecule has 10 heteroatoms. The number of fused-ring (bicyclic) bond motifs is 1. The van der Waals surface area contributed by atoms with Crippen LogP contribution in [0, 0.1) is 0 Å². The van der Waals surface area contributed by atoms with E-state index in [9.17, 15) is 18.0 Å². The second kappa shape index (κ2) is 10.4. The van der Waals surface area contributed by atoms with Crippen molar-refractivity contribution in [1.82, 2.24) is 14.8 Å². The number of hydrogen-bond donors (Lipinski definition) is 0. The molecule has 2 aliphatic heterocycles. The predicted molar refractivity (Wildman–Crippen MR) is 136 cm³/mol. The summed E-state index contributed by atoms with van der Waals surface area (Å²) in [6.07, 6.45) is 2.23. The molecule has 1 fully saturated rings. The van der Waals surface area contributed by atoms with E-state index in [1.807, 2.05) is 42.5 Å². The van der Waals surface area contributed by atoms with E-state index < -0.39 is 12.1 Å². The number of nitrogens with zero attached hydrogens (tertiary/aromatic N) is 4. The highest BCUT2D eigenvalue weighted by Gasteiger charge is 2.34. The van der Waals surface area contributed by atoms with Crippen LogP contribution in [0.3, 0.4) is 0 Å². The van der Waals surface area contributed by atoms with Crippen molar-refractivity contribution in [2.45, 2.75) is 12.9 Å². The maximum atomic E-state index is 13.4. The lowest BCUT2D eigenvalue weighted by molar-refractivity contribution is -0.274. The van der Waals surface area contributed by atoms with Crippen molar-refractivity contribution in [1.29, 1.82) is 0 Å². The minimum Gasteiger partial charge on any atom is -0.404 e. The maximum absolute atomic E-state index is 13.4. The van der Waals surface area contributed by atoms with E-state index in [2.05, 4.69) is 14.6 Å². The van der Waals surface area contributed by atoms with Crippen LogP contribution < -0.4 is 9.64 Å². The topological polar surface area (TPSA) is 48.9 Å². The summed E-state index contributed by atoms with van der Waals surface area (Å²) >= 11 is 6.01. The fraction of sp³-hybridized carbons (Fsp3) is 0.259. The molecule has 37 heavy (non-hydrogen) atoms. The van der Waals surface area contributed by atoms with Gasteiger partial charge in [-0.25, -0.2) is 0 Å². The molecular formula is C27H24ClF3N4O2. The lowest BCUT2D eigenvalue weighted by atomic mass is 10.1. The summed E-state index contributed by atoms with van der Waals surface area (Å²) in [6, 6.07) is 13.6. The monoisotopic (exact) mass is 528 g/mol. The summed E-state index contributed by atoms with van der Waals surface area (Å²) in [7, 11) is 0. The molecule has 0 N–H and O–H groups in total. The van der Waals surface area contributed by atoms with Crippen LogP contribution in [-0.2, 0) is 6.54 Å². The number of anilines is 2. The number of halogens is 4. The summed E-state index contributed by atoms with van der Waals surface area (Å²) in [5.41, 5.74) is 3.02. The molecule has 3 heterocycles. The molecule has 0 unspecified atom stereocenters. The van der Waals surface area contributed by atoms with Crippen molar-refractivity contribution < 1.29 is 22.7 Å². The van der Waals surface area contributed by atoms with E-state index in [1.165, 1.54) is 12.1 Å². The molecule has 0 saturated carbocycles. The molecule has 0 aliphatic carbocycles. The average molecular weight is 529 g/mol. The van der Waals surface area contributed by atoms with E-state index >= 15 is 0 Å². The van der Waals surface area contributed by atoms with Crippen LogP contribution in [-0.4, -0.2) is 59.8 Å². The predicted octanol–water partition coefficient (Wildman–Crippen LogP) is 5.76. The zero-order valence-electron chi connectivity index (χ0n) is 19.8. The highest BCUT2D eigenvalue weighted by Crippen LogP contribution is 2.40. The third-order valence-corrected chi connectivity index (χ3v) is 6.57. The Balaban J connectivity index is 1.33. The lowest BCUT2D eigenvalue weighted by Crippen LogP contribution is -2.48. The van der Waals surface area contributed by atoms with Gasteiger partial charge in [-0.2, -0.15) is 0 Å². The molecule has 6 nitrogen and oxygen atoms in total. The highest BCUT2D eigenvalue weighted by molar-refractivity contribution is 6.30. The molecule has 3 aromatic rings. The van der Waals surface area contributed by atoms with Gasteiger partial charge in [0, 0.05) is 62.9 Å². The van der Waals surface area contributed by atoms with Crippen LogP contribution in [0.5, 0.6) is 5.75 Å². The van der Waals surface area contributed by atoms with Crippen molar-refractivity contribution in [2.75, 3.05) is 37.6 Å². The Morgan fingerprint density at radius 2 is 1.78 bits per heavy atom. The van der Waals surface area contributed by atoms with Crippen LogP contribution >= 0.6 is 11.6 Å². The Morgan fingerprint density at radius 3 is 2.54 bits per heavy atom. The third kappa shape index (κ3) is 5.89. The van der Waals surface area contributed by atoms with Gasteiger partial charge in [0.1, 0.15) is 0 Å². The number of para-hydroxylation sites is 1. The second-order valence-electron chi connectivity index (χ2n) is 8.88. The highest BCUT2D eigenvalue weighted by atomic mass is 35.5. The SMILES string of the molecule is O=C(c1ccc(N2CC=Cc3ccccc32)c(OC(F)(F)F)c1)N1CCN(Cc2cncc(Cl)c2)CC1. The Hall–Kier alpha value is -3.56. The smallest absolute Gasteiger partial charge is 0.404 e. The zero-order chi connectivity index (χ0) is 26.0. The van der Waals surface area contributed by atoms with Crippen molar-refractivity contribution in [2.24, 2.45) is 0 Å². The largest absolute Gasteiger partial charge is 0.573 e. The molecule has 2 aromatic carbocycles. The van der Waals surface area contributed by atoms with Crippen LogP contribution in [0.25, 0.3) is 6.08 Å². The first-order valence-corrected chi connectivity index (χ1v) is 12.2. The van der Waals surface area contributed by atoms with Gasteiger partial charge in [0.25, 0.3) is 5.91 Å². The number of amides is 1. The number of carbonyl (C=O) groups is 1. The van der Waals surface area contributed by atoms with Crippen LogP contribution in [0.1, 0.15) is 21.5 Å². The number of ether oxygens (including phenoxy) is 1. The van der Waals surface area contributed by atoms with E-state index in [0.717, 1.165) is 16.8 Å². The molecule has 192 valence electrons. The van der Waals surface area contributed by atoms with Crippen molar-refractivity contribution >= 4 is 35.0 Å². The first-order chi connectivity index (χ1) is 17.8. The van der Waals surface area contributed by atoms with Gasteiger partial charge in [-0.15, -0.1) is 13.2 Å². The van der Waals surface area contributed by atoms with Gasteiger partial charge in [-0.3, -0.25) is 14.7 Å². The minimum atomic E-state index is -4.90. The molecule has 1 amide bonds. The Bertz CT molecular complexity index is 1320. The molecule has 0 radical (unpaired) electrons. The fourth-order valence-electron chi connectivity index (χ4n) is 4.65. The van der Waals surface area contributed by atoms with Gasteiger partial charge < -0.3 is 14.5 Å². The van der Waals surface area contributed by atoms with Gasteiger partial charge >= 0.3 is 6.36 Å². The first kappa shape index (κ1) is 25.1. The summed E-state index contributed by atoms with van der Waals surface area (Å²) in [5, 5.41) is 0.565. The molecular weight excluding hydrogens is 505 g/mol. The van der Waals surface area contributed by atoms with Gasteiger partial charge in [0.2, 0.25) is 0 Å². The quantitative estimate of drug-likeness (QED) is 0.422. The molecule has 1 aromatic heterocycles. The average Bonchev–Trinajstić information content (AvgIpc) is 2.88. The summed E-state index contributed by atoms with van der Waals surface area (Å²) in [4.78, 5) is 22.9. The van der Waals surface area contributed by atoms with E-state index in [-0.39, 0.29) is 17.2 Å². The van der Waals surface area contributed by atoms with Gasteiger partial charge in [-0.05, 0) is 41.5 Å². The van der Waals surface area contributed by atoms with Gasteiger partial charge in [0.15, 0.2) is 5.75 Å². The molecule has 0 bridgehead atoms. The molecule has 0 atom stereocenters. The number of rotatable bonds is 5. The zero-order valence-corrected chi connectivity index (χ0v) is 20.5. The number of alkyl halides is 3. The van der Waals surface area contributed by atoms with E-state index in [1.54, 1.807) is 28.3 Å². The standard InChI is InChI=1S/C27H24ClF3N4O2/c28-22-14-19(16-32-17-22)18-33-10-12-34(13-11-33)26(36)21-7-8-24(25(15-21)37-27(29,30)31)35-9-3-5-20-4-1-2-6-23(20)35/h1-8,14-17H,9-13,18H2. The van der Waals surface area contributed by atoms with Crippen LogP contribution in [0.4, 0.5) is 24.5 Å². The minimum absolute atomic E-state index is 0.149. The summed E-state index contributed by atoms with van der Waals surface area (Å²) in [5.74, 6) is -0.739. The number of carbonyl (C=O) groups excluding carboxylic acids is 1. The molecule has 0 spiro atoms. The normalized spacial score (nSPS) is 16.0. The number of aromatic nitrogens is 1. The second-order valence-corrected chi connectivity index (χ2v) is 9.32. The van der Waals surface area contributed by atoms with E-state index in [0.29, 0.717) is 44.3 Å². The third-order valence-electron chi connectivity index (χ3n) is 6.36. The lowest BCUT2D eigenvalue weighted by Gasteiger charge is -2.35. The van der Waals surface area contributed by atoms with Crippen LogP contribution in [0.15, 0.2) is 67.0 Å². The number of hydrogen-bond acceptors (Lipinski definition) is 5. The maximum Gasteiger partial charge on any atom is 0.573 e. The first-order valence-electron chi connectivity index (χ1n) is 11.8. The van der Waals surface area contributed by atoms with Crippen molar-refractivity contribution in [3.05, 3.63) is 88.7 Å². The molecule has 5 rings (SSSR count). The van der Waals surface area contributed by atoms with E-state index in [4.69, 9.17) is 11.6 Å². The number of piperazine rings is 1. The Kier molecular flexibility index (Phi) is 7.08. The summed E-state index contributed by atoms with van der Waals surface area (Å²) < 4.78 is 44.5. The Morgan fingerprint density at radius 1 is 1.00 bits per heavy atom. The fourth-order valence-corrected chi connectivity index (χ4v) is 4.85.